The first kappa shape index (κ1) is 21.0. The molecule has 7 nitrogen and oxygen atoms in total. The number of hydrogen-bond donors (Lipinski definition) is 2. The van der Waals surface area contributed by atoms with Crippen molar-refractivity contribution in [2.24, 2.45) is 5.92 Å². The molecule has 2 saturated carbocycles. The lowest BCUT2D eigenvalue weighted by molar-refractivity contribution is 0.0206. The Morgan fingerprint density at radius 1 is 1.30 bits per heavy atom. The molecule has 2 aliphatic heterocycles. The number of carbonyl (C=O) groups is 1. The summed E-state index contributed by atoms with van der Waals surface area (Å²) in [5.41, 5.74) is 2.02. The molecule has 2 aromatic rings. The third kappa shape index (κ3) is 3.10. The number of rotatable bonds is 4. The van der Waals surface area contributed by atoms with Gasteiger partial charge in [0.05, 0.1) is 40.0 Å². The van der Waals surface area contributed by atoms with Crippen LogP contribution in [0.3, 0.4) is 0 Å². The van der Waals surface area contributed by atoms with Gasteiger partial charge in [0, 0.05) is 24.4 Å². The summed E-state index contributed by atoms with van der Waals surface area (Å²) < 4.78 is 20.3. The van der Waals surface area contributed by atoms with Gasteiger partial charge in [-0.15, -0.1) is 0 Å². The van der Waals surface area contributed by atoms with Crippen LogP contribution in [0.4, 0.5) is 4.39 Å². The molecule has 0 radical (unpaired) electrons. The lowest BCUT2D eigenvalue weighted by Crippen LogP contribution is -2.54. The van der Waals surface area contributed by atoms with Crippen LogP contribution in [0.25, 0.3) is 0 Å². The minimum absolute atomic E-state index is 0.0230. The Morgan fingerprint density at radius 3 is 2.76 bits per heavy atom. The van der Waals surface area contributed by atoms with Gasteiger partial charge in [-0.1, -0.05) is 11.6 Å². The third-order valence-corrected chi connectivity index (χ3v) is 8.40. The summed E-state index contributed by atoms with van der Waals surface area (Å²) in [6, 6.07) is 4.55. The van der Waals surface area contributed by atoms with Gasteiger partial charge in [-0.3, -0.25) is 4.79 Å². The van der Waals surface area contributed by atoms with E-state index in [1.54, 1.807) is 18.7 Å². The predicted molar refractivity (Wildman–Crippen MR) is 121 cm³/mol. The maximum atomic E-state index is 14.1. The van der Waals surface area contributed by atoms with Gasteiger partial charge >= 0.3 is 0 Å². The van der Waals surface area contributed by atoms with Crippen molar-refractivity contribution in [1.82, 2.24) is 20.2 Å². The Bertz CT molecular complexity index is 1180. The molecule has 2 aliphatic carbocycles. The standard InChI is InChI=1S/C24H25ClFN5O2/c1-11-21(25)12(2)29-22(28-11)16-9-31(10-17(16)27)23(32)15-5-4-14(26)8-18(15)33-20-7-13-3-6-19-24(13,20)30-19/h4-5,8,13,16,19-20,27,30H,3,6-7,9-10H2,1-2H3. The van der Waals surface area contributed by atoms with Gasteiger partial charge in [0.1, 0.15) is 23.5 Å². The molecule has 1 amide bonds. The number of nitrogens with one attached hydrogen (secondary N) is 2. The van der Waals surface area contributed by atoms with Crippen molar-refractivity contribution in [2.75, 3.05) is 13.1 Å². The second kappa shape index (κ2) is 7.21. The van der Waals surface area contributed by atoms with E-state index in [2.05, 4.69) is 15.3 Å². The Kier molecular flexibility index (Phi) is 4.58. The van der Waals surface area contributed by atoms with E-state index in [9.17, 15) is 9.18 Å². The van der Waals surface area contributed by atoms with Crippen molar-refractivity contribution in [2.45, 2.75) is 56.7 Å². The van der Waals surface area contributed by atoms with Crippen LogP contribution in [0, 0.1) is 31.0 Å². The fourth-order valence-corrected chi connectivity index (χ4v) is 6.08. The summed E-state index contributed by atoms with van der Waals surface area (Å²) in [4.78, 5) is 24.0. The second-order valence-corrected chi connectivity index (χ2v) is 10.1. The Morgan fingerprint density at radius 2 is 2.06 bits per heavy atom. The predicted octanol–water partition coefficient (Wildman–Crippen LogP) is 3.42. The van der Waals surface area contributed by atoms with E-state index < -0.39 is 11.7 Å². The molecule has 9 heteroatoms. The van der Waals surface area contributed by atoms with E-state index in [-0.39, 0.29) is 36.4 Å². The quantitative estimate of drug-likeness (QED) is 0.668. The molecule has 1 aromatic heterocycles. The lowest BCUT2D eigenvalue weighted by atomic mass is 9.71. The summed E-state index contributed by atoms with van der Waals surface area (Å²) in [7, 11) is 0. The van der Waals surface area contributed by atoms with Crippen molar-refractivity contribution in [3.05, 3.63) is 51.8 Å². The normalized spacial score (nSPS) is 31.8. The fraction of sp³-hybridized carbons (Fsp3) is 0.500. The summed E-state index contributed by atoms with van der Waals surface area (Å²) in [6.45, 7) is 4.06. The summed E-state index contributed by atoms with van der Waals surface area (Å²) in [5, 5.41) is 12.5. The van der Waals surface area contributed by atoms with Crippen molar-refractivity contribution in [3.63, 3.8) is 0 Å². The molecule has 5 atom stereocenters. The molecule has 0 bridgehead atoms. The number of ether oxygens (including phenoxy) is 1. The number of likely N-dealkylation sites (tertiary alicyclic amines) is 1. The number of aryl methyl sites for hydroxylation is 2. The highest BCUT2D eigenvalue weighted by molar-refractivity contribution is 6.31. The number of hydrogen-bond acceptors (Lipinski definition) is 6. The number of carbonyl (C=O) groups excluding carboxylic acids is 1. The number of amides is 1. The minimum atomic E-state index is -0.436. The average Bonchev–Trinajstić information content (AvgIpc) is 3.33. The van der Waals surface area contributed by atoms with E-state index in [0.29, 0.717) is 45.5 Å². The number of halogens is 2. The summed E-state index contributed by atoms with van der Waals surface area (Å²) in [6.07, 6.45) is 3.25. The average molecular weight is 470 g/mol. The highest BCUT2D eigenvalue weighted by Crippen LogP contribution is 2.60. The zero-order valence-corrected chi connectivity index (χ0v) is 19.2. The smallest absolute Gasteiger partial charge is 0.257 e. The van der Waals surface area contributed by atoms with Crippen molar-refractivity contribution < 1.29 is 13.9 Å². The molecular weight excluding hydrogens is 445 g/mol. The number of nitrogens with zero attached hydrogens (tertiary/aromatic N) is 3. The van der Waals surface area contributed by atoms with Crippen molar-refractivity contribution in [3.8, 4) is 5.75 Å². The van der Waals surface area contributed by atoms with E-state index in [0.717, 1.165) is 12.8 Å². The van der Waals surface area contributed by atoms with Crippen LogP contribution in [0.15, 0.2) is 18.2 Å². The second-order valence-electron chi connectivity index (χ2n) is 9.72. The molecule has 3 heterocycles. The molecule has 1 spiro atoms. The molecule has 6 rings (SSSR count). The lowest BCUT2D eigenvalue weighted by Gasteiger charge is -2.42. The Balaban J connectivity index is 1.23. The topological polar surface area (TPSA) is 101 Å². The third-order valence-electron chi connectivity index (χ3n) is 7.85. The highest BCUT2D eigenvalue weighted by atomic mass is 35.5. The molecule has 4 fully saturated rings. The summed E-state index contributed by atoms with van der Waals surface area (Å²) in [5.74, 6) is 0.286. The number of piperidine rings is 1. The molecule has 1 aromatic carbocycles. The SMILES string of the molecule is Cc1nc(C2CN(C(=O)c3ccc(F)cc3OC3CC4CCC5NC453)CC2=N)nc(C)c1Cl. The first-order valence-electron chi connectivity index (χ1n) is 11.4. The largest absolute Gasteiger partial charge is 0.487 e. The van der Waals surface area contributed by atoms with Crippen molar-refractivity contribution >= 4 is 23.2 Å². The van der Waals surface area contributed by atoms with Crippen LogP contribution in [0.5, 0.6) is 5.75 Å². The first-order valence-corrected chi connectivity index (χ1v) is 11.8. The van der Waals surface area contributed by atoms with Gasteiger partial charge in [0.25, 0.3) is 5.91 Å². The Hall–Kier alpha value is -2.58. The number of aromatic nitrogens is 2. The van der Waals surface area contributed by atoms with Crippen LogP contribution in [-0.2, 0) is 0 Å². The van der Waals surface area contributed by atoms with Crippen LogP contribution >= 0.6 is 11.6 Å². The Labute approximate surface area is 196 Å². The fourth-order valence-electron chi connectivity index (χ4n) is 5.99. The molecule has 2 saturated heterocycles. The molecule has 2 N–H and O–H groups in total. The maximum absolute atomic E-state index is 14.1. The van der Waals surface area contributed by atoms with Gasteiger partial charge < -0.3 is 20.4 Å². The van der Waals surface area contributed by atoms with Crippen LogP contribution in [-0.4, -0.2) is 57.3 Å². The van der Waals surface area contributed by atoms with E-state index in [4.69, 9.17) is 21.7 Å². The molecule has 5 unspecified atom stereocenters. The van der Waals surface area contributed by atoms with Crippen LogP contribution < -0.4 is 10.1 Å². The minimum Gasteiger partial charge on any atom is -0.487 e. The van der Waals surface area contributed by atoms with E-state index in [1.807, 2.05) is 0 Å². The number of benzene rings is 1. The van der Waals surface area contributed by atoms with Crippen molar-refractivity contribution in [1.29, 1.82) is 5.41 Å². The van der Waals surface area contributed by atoms with Crippen LogP contribution in [0.1, 0.15) is 52.8 Å². The van der Waals surface area contributed by atoms with Crippen LogP contribution in [0.2, 0.25) is 5.02 Å². The zero-order chi connectivity index (χ0) is 23.1. The van der Waals surface area contributed by atoms with Gasteiger partial charge in [0.15, 0.2) is 0 Å². The van der Waals surface area contributed by atoms with Gasteiger partial charge in [-0.05, 0) is 51.2 Å². The summed E-state index contributed by atoms with van der Waals surface area (Å²) >= 11 is 6.19. The molecule has 172 valence electrons. The molecule has 4 aliphatic rings. The highest BCUT2D eigenvalue weighted by Gasteiger charge is 2.74. The van der Waals surface area contributed by atoms with Gasteiger partial charge in [-0.25, -0.2) is 14.4 Å². The monoisotopic (exact) mass is 469 g/mol. The first-order chi connectivity index (χ1) is 15.8. The van der Waals surface area contributed by atoms with Gasteiger partial charge in [-0.2, -0.15) is 0 Å². The van der Waals surface area contributed by atoms with E-state index in [1.165, 1.54) is 24.6 Å². The van der Waals surface area contributed by atoms with E-state index >= 15 is 0 Å². The van der Waals surface area contributed by atoms with Gasteiger partial charge in [0.2, 0.25) is 0 Å². The molecular formula is C24H25ClFN5O2. The maximum Gasteiger partial charge on any atom is 0.257 e. The molecule has 33 heavy (non-hydrogen) atoms. The zero-order valence-electron chi connectivity index (χ0n) is 18.5.